The van der Waals surface area contributed by atoms with Crippen LogP contribution < -0.4 is 9.62 Å². The van der Waals surface area contributed by atoms with Crippen LogP contribution in [0.3, 0.4) is 0 Å². The van der Waals surface area contributed by atoms with E-state index in [4.69, 9.17) is 0 Å². The maximum absolute atomic E-state index is 13.3. The first-order valence-corrected chi connectivity index (χ1v) is 12.0. The Bertz CT molecular complexity index is 1020. The second-order valence-corrected chi connectivity index (χ2v) is 10.1. The molecule has 0 spiro atoms. The zero-order valence-corrected chi connectivity index (χ0v) is 17.8. The van der Waals surface area contributed by atoms with Gasteiger partial charge < -0.3 is 5.32 Å². The number of carbonyl (C=O) groups excluding carboxylic acids is 1. The summed E-state index contributed by atoms with van der Waals surface area (Å²) in [5, 5.41) is 4.39. The number of thiophene rings is 1. The van der Waals surface area contributed by atoms with E-state index in [0.717, 1.165) is 20.5 Å². The number of nitrogens with zero attached hydrogens (tertiary/aromatic N) is 1. The Hall–Kier alpha value is -2.36. The second kappa shape index (κ2) is 9.91. The fourth-order valence-electron chi connectivity index (χ4n) is 2.50. The molecule has 0 aliphatic rings. The zero-order valence-electron chi connectivity index (χ0n) is 15.3. The van der Waals surface area contributed by atoms with E-state index < -0.39 is 21.7 Å². The molecule has 152 valence electrons. The van der Waals surface area contributed by atoms with Gasteiger partial charge in [0.05, 0.1) is 5.69 Å². The van der Waals surface area contributed by atoms with Crippen molar-refractivity contribution in [3.63, 3.8) is 0 Å². The van der Waals surface area contributed by atoms with Gasteiger partial charge in [0.1, 0.15) is 16.6 Å². The summed E-state index contributed by atoms with van der Waals surface area (Å²) < 4.78 is 40.4. The first kappa shape index (κ1) is 21.4. The first-order chi connectivity index (χ1) is 14.0. The van der Waals surface area contributed by atoms with Crippen LogP contribution >= 0.6 is 23.1 Å². The summed E-state index contributed by atoms with van der Waals surface area (Å²) in [5.74, 6) is -0.253. The van der Waals surface area contributed by atoms with E-state index in [1.807, 2.05) is 30.3 Å². The van der Waals surface area contributed by atoms with Gasteiger partial charge in [0, 0.05) is 17.2 Å². The molecule has 0 bridgehead atoms. The number of amides is 1. The van der Waals surface area contributed by atoms with Gasteiger partial charge in [-0.25, -0.2) is 12.8 Å². The van der Waals surface area contributed by atoms with Crippen LogP contribution in [0.2, 0.25) is 0 Å². The highest BCUT2D eigenvalue weighted by atomic mass is 32.2. The monoisotopic (exact) mass is 450 g/mol. The number of halogens is 1. The number of nitrogens with one attached hydrogen (secondary N) is 1. The normalized spacial score (nSPS) is 11.2. The van der Waals surface area contributed by atoms with E-state index in [2.05, 4.69) is 5.32 Å². The largest absolute Gasteiger partial charge is 0.354 e. The summed E-state index contributed by atoms with van der Waals surface area (Å²) in [6, 6.07) is 17.9. The van der Waals surface area contributed by atoms with Crippen LogP contribution in [0.15, 0.2) is 81.2 Å². The van der Waals surface area contributed by atoms with Crippen LogP contribution in [0.25, 0.3) is 0 Å². The lowest BCUT2D eigenvalue weighted by molar-refractivity contribution is -0.119. The Kier molecular flexibility index (Phi) is 7.29. The minimum Gasteiger partial charge on any atom is -0.354 e. The minimum atomic E-state index is -3.93. The molecule has 0 fully saturated rings. The highest BCUT2D eigenvalue weighted by molar-refractivity contribution is 7.99. The SMILES string of the molecule is O=C(CN(c1ccc(F)cc1)S(=O)(=O)c1cccs1)NCCSc1ccccc1. The number of hydrogen-bond acceptors (Lipinski definition) is 5. The molecule has 0 saturated heterocycles. The molecule has 3 rings (SSSR count). The molecule has 0 aliphatic heterocycles. The van der Waals surface area contributed by atoms with E-state index in [1.165, 1.54) is 30.3 Å². The van der Waals surface area contributed by atoms with Gasteiger partial charge in [0.15, 0.2) is 0 Å². The molecule has 2 aromatic carbocycles. The van der Waals surface area contributed by atoms with Crippen molar-refractivity contribution in [1.82, 2.24) is 5.32 Å². The minimum absolute atomic E-state index is 0.120. The molecule has 1 N–H and O–H groups in total. The summed E-state index contributed by atoms with van der Waals surface area (Å²) in [4.78, 5) is 13.5. The average Bonchev–Trinajstić information content (AvgIpc) is 3.27. The maximum Gasteiger partial charge on any atom is 0.274 e. The van der Waals surface area contributed by atoms with Gasteiger partial charge in [0.2, 0.25) is 5.91 Å². The quantitative estimate of drug-likeness (QED) is 0.395. The van der Waals surface area contributed by atoms with Gasteiger partial charge in [-0.05, 0) is 47.8 Å². The number of hydrogen-bond donors (Lipinski definition) is 1. The molecule has 0 aliphatic carbocycles. The summed E-state index contributed by atoms with van der Waals surface area (Å²) in [6.45, 7) is 0.0105. The molecule has 0 saturated carbocycles. The molecule has 0 unspecified atom stereocenters. The van der Waals surface area contributed by atoms with Gasteiger partial charge in [-0.1, -0.05) is 24.3 Å². The fourth-order valence-corrected chi connectivity index (χ4v) is 5.82. The van der Waals surface area contributed by atoms with Crippen molar-refractivity contribution in [2.75, 3.05) is 23.1 Å². The van der Waals surface area contributed by atoms with Crippen molar-refractivity contribution in [2.45, 2.75) is 9.10 Å². The molecule has 1 amide bonds. The molecular weight excluding hydrogens is 431 g/mol. The van der Waals surface area contributed by atoms with E-state index in [-0.39, 0.29) is 16.4 Å². The number of carbonyl (C=O) groups is 1. The number of benzene rings is 2. The van der Waals surface area contributed by atoms with Gasteiger partial charge in [-0.3, -0.25) is 9.10 Å². The van der Waals surface area contributed by atoms with Crippen LogP contribution in [-0.2, 0) is 14.8 Å². The van der Waals surface area contributed by atoms with Crippen molar-refractivity contribution in [1.29, 1.82) is 0 Å². The van der Waals surface area contributed by atoms with Crippen LogP contribution in [0.1, 0.15) is 0 Å². The van der Waals surface area contributed by atoms with E-state index in [9.17, 15) is 17.6 Å². The molecule has 5 nitrogen and oxygen atoms in total. The Morgan fingerprint density at radius 2 is 1.76 bits per heavy atom. The summed E-state index contributed by atoms with van der Waals surface area (Å²) in [6.07, 6.45) is 0. The molecule has 29 heavy (non-hydrogen) atoms. The highest BCUT2D eigenvalue weighted by Gasteiger charge is 2.28. The number of thioether (sulfide) groups is 1. The lowest BCUT2D eigenvalue weighted by atomic mass is 10.3. The fraction of sp³-hybridized carbons (Fsp3) is 0.150. The van der Waals surface area contributed by atoms with Crippen LogP contribution in [0.5, 0.6) is 0 Å². The second-order valence-electron chi connectivity index (χ2n) is 5.93. The van der Waals surface area contributed by atoms with E-state index in [1.54, 1.807) is 23.2 Å². The Morgan fingerprint density at radius 3 is 2.41 bits per heavy atom. The average molecular weight is 451 g/mol. The summed E-state index contributed by atoms with van der Waals surface area (Å²) in [7, 11) is -3.93. The van der Waals surface area contributed by atoms with Gasteiger partial charge in [-0.15, -0.1) is 23.1 Å². The van der Waals surface area contributed by atoms with Gasteiger partial charge in [-0.2, -0.15) is 0 Å². The maximum atomic E-state index is 13.3. The molecule has 1 aromatic heterocycles. The third-order valence-corrected chi connectivity index (χ3v) is 8.04. The summed E-state index contributed by atoms with van der Waals surface area (Å²) >= 11 is 2.66. The van der Waals surface area contributed by atoms with Gasteiger partial charge in [0.25, 0.3) is 10.0 Å². The van der Waals surface area contributed by atoms with Crippen LogP contribution in [0.4, 0.5) is 10.1 Å². The predicted molar refractivity (Wildman–Crippen MR) is 115 cm³/mol. The van der Waals surface area contributed by atoms with E-state index in [0.29, 0.717) is 12.3 Å². The van der Waals surface area contributed by atoms with Crippen LogP contribution in [0, 0.1) is 5.82 Å². The standard InChI is InChI=1S/C20H19FN2O3S3/c21-16-8-10-17(11-9-16)23(29(25,26)20-7-4-13-28-20)15-19(24)22-12-14-27-18-5-2-1-3-6-18/h1-11,13H,12,14-15H2,(H,22,24). The molecule has 3 aromatic rings. The Morgan fingerprint density at radius 1 is 1.03 bits per heavy atom. The molecule has 1 heterocycles. The van der Waals surface area contributed by atoms with Crippen molar-refractivity contribution < 1.29 is 17.6 Å². The van der Waals surface area contributed by atoms with Crippen molar-refractivity contribution in [2.24, 2.45) is 0 Å². The van der Waals surface area contributed by atoms with Gasteiger partial charge >= 0.3 is 0 Å². The number of sulfonamides is 1. The van der Waals surface area contributed by atoms with Crippen molar-refractivity contribution in [3.05, 3.63) is 77.9 Å². The molecule has 0 radical (unpaired) electrons. The third-order valence-electron chi connectivity index (χ3n) is 3.88. The lowest BCUT2D eigenvalue weighted by Crippen LogP contribution is -2.41. The van der Waals surface area contributed by atoms with Crippen molar-refractivity contribution >= 4 is 44.7 Å². The number of rotatable bonds is 9. The van der Waals surface area contributed by atoms with E-state index >= 15 is 0 Å². The van der Waals surface area contributed by atoms with Crippen molar-refractivity contribution in [3.8, 4) is 0 Å². The van der Waals surface area contributed by atoms with Crippen LogP contribution in [-0.4, -0.2) is 33.2 Å². The Balaban J connectivity index is 1.66. The third kappa shape index (κ3) is 5.81. The topological polar surface area (TPSA) is 66.5 Å². The highest BCUT2D eigenvalue weighted by Crippen LogP contribution is 2.26. The smallest absolute Gasteiger partial charge is 0.274 e. The zero-order chi connectivity index (χ0) is 20.7. The molecule has 0 atom stereocenters. The Labute approximate surface area is 177 Å². The number of anilines is 1. The lowest BCUT2D eigenvalue weighted by Gasteiger charge is -2.23. The summed E-state index contributed by atoms with van der Waals surface area (Å²) in [5.41, 5.74) is 0.230. The molecule has 9 heteroatoms. The molecular formula is C20H19FN2O3S3. The predicted octanol–water partition coefficient (Wildman–Crippen LogP) is 3.99. The first-order valence-electron chi connectivity index (χ1n) is 8.73.